The summed E-state index contributed by atoms with van der Waals surface area (Å²) in [5.41, 5.74) is 0.200. The van der Waals surface area contributed by atoms with Crippen molar-refractivity contribution in [2.45, 2.75) is 38.8 Å². The highest BCUT2D eigenvalue weighted by molar-refractivity contribution is 5.68. The summed E-state index contributed by atoms with van der Waals surface area (Å²) >= 11 is 0. The number of hydrogen-bond acceptors (Lipinski definition) is 4. The molecule has 1 amide bonds. The highest BCUT2D eigenvalue weighted by Gasteiger charge is 2.31. The SMILES string of the molecule is CC(C)(C)OC(=O)N1CCN[C@@H](c2ccc(OC(F)(F)F)cc2)C1. The van der Waals surface area contributed by atoms with Crippen LogP contribution in [0.3, 0.4) is 0 Å². The molecule has 1 aliphatic rings. The summed E-state index contributed by atoms with van der Waals surface area (Å²) in [6, 6.07) is 5.45. The standard InChI is InChI=1S/C16H21F3N2O3/c1-15(2,3)24-14(22)21-9-8-20-13(10-21)11-4-6-12(7-5-11)23-16(17,18)19/h4-7,13,20H,8-10H2,1-3H3/t13-/m1/s1. The van der Waals surface area contributed by atoms with Crippen molar-refractivity contribution in [3.63, 3.8) is 0 Å². The zero-order valence-electron chi connectivity index (χ0n) is 13.8. The predicted molar refractivity (Wildman–Crippen MR) is 81.7 cm³/mol. The van der Waals surface area contributed by atoms with Gasteiger partial charge in [-0.25, -0.2) is 4.79 Å². The van der Waals surface area contributed by atoms with Crippen LogP contribution < -0.4 is 10.1 Å². The van der Waals surface area contributed by atoms with Crippen molar-refractivity contribution in [3.8, 4) is 5.75 Å². The quantitative estimate of drug-likeness (QED) is 0.891. The van der Waals surface area contributed by atoms with Crippen molar-refractivity contribution in [2.75, 3.05) is 19.6 Å². The maximum Gasteiger partial charge on any atom is 0.573 e. The van der Waals surface area contributed by atoms with E-state index >= 15 is 0 Å². The number of carbonyl (C=O) groups is 1. The number of nitrogens with one attached hydrogen (secondary N) is 1. The highest BCUT2D eigenvalue weighted by atomic mass is 19.4. The van der Waals surface area contributed by atoms with Gasteiger partial charge < -0.3 is 19.7 Å². The summed E-state index contributed by atoms with van der Waals surface area (Å²) in [7, 11) is 0. The maximum absolute atomic E-state index is 12.2. The van der Waals surface area contributed by atoms with Gasteiger partial charge in [-0.1, -0.05) is 12.1 Å². The molecule has 2 rings (SSSR count). The molecule has 0 bridgehead atoms. The van der Waals surface area contributed by atoms with Crippen molar-refractivity contribution in [1.82, 2.24) is 10.2 Å². The number of rotatable bonds is 2. The van der Waals surface area contributed by atoms with Crippen molar-refractivity contribution >= 4 is 6.09 Å². The third kappa shape index (κ3) is 5.59. The molecule has 0 saturated carbocycles. The molecular formula is C16H21F3N2O3. The molecule has 1 aromatic rings. The Bertz CT molecular complexity index is 567. The molecule has 0 radical (unpaired) electrons. The lowest BCUT2D eigenvalue weighted by atomic mass is 10.0. The Morgan fingerprint density at radius 2 is 1.83 bits per heavy atom. The number of carbonyl (C=O) groups excluding carboxylic acids is 1. The number of alkyl halides is 3. The number of halogens is 3. The van der Waals surface area contributed by atoms with E-state index in [-0.39, 0.29) is 11.8 Å². The first kappa shape index (κ1) is 18.4. The smallest absolute Gasteiger partial charge is 0.444 e. The van der Waals surface area contributed by atoms with E-state index in [1.165, 1.54) is 12.1 Å². The number of amides is 1. The Hall–Kier alpha value is -1.96. The van der Waals surface area contributed by atoms with Crippen molar-refractivity contribution in [1.29, 1.82) is 0 Å². The predicted octanol–water partition coefficient (Wildman–Crippen LogP) is 3.47. The van der Waals surface area contributed by atoms with E-state index in [0.29, 0.717) is 19.6 Å². The molecule has 5 nitrogen and oxygen atoms in total. The molecule has 0 aliphatic carbocycles. The largest absolute Gasteiger partial charge is 0.573 e. The number of benzene rings is 1. The summed E-state index contributed by atoms with van der Waals surface area (Å²) in [4.78, 5) is 13.7. The molecule has 0 unspecified atom stereocenters. The highest BCUT2D eigenvalue weighted by Crippen LogP contribution is 2.25. The van der Waals surface area contributed by atoms with Gasteiger partial charge in [-0.3, -0.25) is 0 Å². The molecule has 8 heteroatoms. The molecule has 1 atom stereocenters. The second-order valence-corrected chi connectivity index (χ2v) is 6.55. The second kappa shape index (κ2) is 6.88. The molecule has 24 heavy (non-hydrogen) atoms. The topological polar surface area (TPSA) is 50.8 Å². The number of nitrogens with zero attached hydrogens (tertiary/aromatic N) is 1. The summed E-state index contributed by atoms with van der Waals surface area (Å²) in [5.74, 6) is -0.272. The first-order valence-electron chi connectivity index (χ1n) is 7.60. The molecule has 1 fully saturated rings. The number of ether oxygens (including phenoxy) is 2. The monoisotopic (exact) mass is 346 g/mol. The summed E-state index contributed by atoms with van der Waals surface area (Å²) in [6.45, 7) is 6.86. The van der Waals surface area contributed by atoms with Crippen LogP contribution in [0, 0.1) is 0 Å². The molecule has 1 saturated heterocycles. The molecule has 1 aromatic carbocycles. The molecule has 1 heterocycles. The zero-order valence-corrected chi connectivity index (χ0v) is 13.8. The number of hydrogen-bond donors (Lipinski definition) is 1. The molecular weight excluding hydrogens is 325 g/mol. The minimum absolute atomic E-state index is 0.175. The number of piperazine rings is 1. The van der Waals surface area contributed by atoms with E-state index in [1.807, 2.05) is 0 Å². The Kier molecular flexibility index (Phi) is 5.27. The minimum Gasteiger partial charge on any atom is -0.444 e. The normalized spacial score (nSPS) is 19.1. The van der Waals surface area contributed by atoms with E-state index in [4.69, 9.17) is 4.74 Å². The summed E-state index contributed by atoms with van der Waals surface area (Å²) in [6.07, 6.45) is -5.11. The van der Waals surface area contributed by atoms with Crippen LogP contribution in [0.1, 0.15) is 32.4 Å². The molecule has 1 aliphatic heterocycles. The Morgan fingerprint density at radius 1 is 1.21 bits per heavy atom. The van der Waals surface area contributed by atoms with Crippen LogP contribution >= 0.6 is 0 Å². The first-order valence-corrected chi connectivity index (χ1v) is 7.60. The fourth-order valence-corrected chi connectivity index (χ4v) is 2.37. The lowest BCUT2D eigenvalue weighted by molar-refractivity contribution is -0.274. The molecule has 1 N–H and O–H groups in total. The average Bonchev–Trinajstić information content (AvgIpc) is 2.45. The van der Waals surface area contributed by atoms with Crippen LogP contribution in [0.4, 0.5) is 18.0 Å². The van der Waals surface area contributed by atoms with Crippen molar-refractivity contribution < 1.29 is 27.4 Å². The lowest BCUT2D eigenvalue weighted by Gasteiger charge is -2.35. The van der Waals surface area contributed by atoms with Crippen molar-refractivity contribution in [2.24, 2.45) is 0 Å². The molecule has 134 valence electrons. The summed E-state index contributed by atoms with van der Waals surface area (Å²) in [5, 5.41) is 3.24. The average molecular weight is 346 g/mol. The van der Waals surface area contributed by atoms with Gasteiger partial charge in [-0.05, 0) is 38.5 Å². The van der Waals surface area contributed by atoms with Gasteiger partial charge >= 0.3 is 12.5 Å². The second-order valence-electron chi connectivity index (χ2n) is 6.55. The Balaban J connectivity index is 2.00. The summed E-state index contributed by atoms with van der Waals surface area (Å²) < 4.78 is 45.7. The van der Waals surface area contributed by atoms with Gasteiger partial charge in [-0.15, -0.1) is 13.2 Å². The third-order valence-electron chi connectivity index (χ3n) is 3.34. The van der Waals surface area contributed by atoms with Crippen LogP contribution in [-0.2, 0) is 4.74 Å². The van der Waals surface area contributed by atoms with Crippen LogP contribution in [0.25, 0.3) is 0 Å². The van der Waals surface area contributed by atoms with Gasteiger partial charge in [0.05, 0.1) is 6.04 Å². The van der Waals surface area contributed by atoms with Crippen molar-refractivity contribution in [3.05, 3.63) is 29.8 Å². The van der Waals surface area contributed by atoms with Crippen LogP contribution in [0.5, 0.6) is 5.75 Å². The van der Waals surface area contributed by atoms with Gasteiger partial charge in [0.1, 0.15) is 11.4 Å². The first-order chi connectivity index (χ1) is 11.0. The van der Waals surface area contributed by atoms with Gasteiger partial charge in [0.2, 0.25) is 0 Å². The van der Waals surface area contributed by atoms with E-state index in [2.05, 4.69) is 10.1 Å². The lowest BCUT2D eigenvalue weighted by Crippen LogP contribution is -2.49. The fourth-order valence-electron chi connectivity index (χ4n) is 2.37. The van der Waals surface area contributed by atoms with Crippen LogP contribution in [0.2, 0.25) is 0 Å². The van der Waals surface area contributed by atoms with Gasteiger partial charge in [0.15, 0.2) is 0 Å². The van der Waals surface area contributed by atoms with Gasteiger partial charge in [0, 0.05) is 19.6 Å². The van der Waals surface area contributed by atoms with Crippen LogP contribution in [-0.4, -0.2) is 42.6 Å². The van der Waals surface area contributed by atoms with Gasteiger partial charge in [0.25, 0.3) is 0 Å². The van der Waals surface area contributed by atoms with Crippen LogP contribution in [0.15, 0.2) is 24.3 Å². The minimum atomic E-state index is -4.71. The van der Waals surface area contributed by atoms with E-state index < -0.39 is 18.1 Å². The Labute approximate surface area is 138 Å². The van der Waals surface area contributed by atoms with E-state index in [9.17, 15) is 18.0 Å². The third-order valence-corrected chi connectivity index (χ3v) is 3.34. The van der Waals surface area contributed by atoms with E-state index in [1.54, 1.807) is 37.8 Å². The maximum atomic E-state index is 12.2. The Morgan fingerprint density at radius 3 is 2.38 bits per heavy atom. The van der Waals surface area contributed by atoms with E-state index in [0.717, 1.165) is 5.56 Å². The molecule has 0 aromatic heterocycles. The van der Waals surface area contributed by atoms with Gasteiger partial charge in [-0.2, -0.15) is 0 Å². The zero-order chi connectivity index (χ0) is 18.0. The fraction of sp³-hybridized carbons (Fsp3) is 0.562. The molecule has 0 spiro atoms.